The zero-order valence-corrected chi connectivity index (χ0v) is 17.7. The van der Waals surface area contributed by atoms with Crippen LogP contribution in [0.5, 0.6) is 0 Å². The van der Waals surface area contributed by atoms with Gasteiger partial charge in [-0.25, -0.2) is 0 Å². The first-order valence-corrected chi connectivity index (χ1v) is 11.0. The summed E-state index contributed by atoms with van der Waals surface area (Å²) < 4.78 is 0. The molecule has 1 unspecified atom stereocenters. The van der Waals surface area contributed by atoms with Crippen molar-refractivity contribution in [2.75, 3.05) is 46.3 Å². The molecule has 7 heteroatoms. The van der Waals surface area contributed by atoms with Gasteiger partial charge in [0.05, 0.1) is 17.8 Å². The fourth-order valence-electron chi connectivity index (χ4n) is 4.81. The van der Waals surface area contributed by atoms with Crippen molar-refractivity contribution in [3.63, 3.8) is 0 Å². The molecule has 1 amide bonds. The number of likely N-dealkylation sites (tertiary alicyclic amines) is 1. The molecule has 0 radical (unpaired) electrons. The molecule has 2 aromatic rings. The Hall–Kier alpha value is -1.96. The van der Waals surface area contributed by atoms with Crippen LogP contribution in [0.15, 0.2) is 18.3 Å². The Labute approximate surface area is 173 Å². The molecule has 2 saturated heterocycles. The number of aromatic amines is 1. The Bertz CT molecular complexity index is 833. The summed E-state index contributed by atoms with van der Waals surface area (Å²) in [5.74, 6) is 0.0900. The maximum absolute atomic E-state index is 13.0. The van der Waals surface area contributed by atoms with E-state index in [2.05, 4.69) is 46.1 Å². The van der Waals surface area contributed by atoms with Gasteiger partial charge in [-0.05, 0) is 49.9 Å². The predicted octanol–water partition coefficient (Wildman–Crippen LogP) is 1.23. The van der Waals surface area contributed by atoms with Gasteiger partial charge < -0.3 is 15.5 Å². The Balaban J connectivity index is 1.33. The average Bonchev–Trinajstić information content (AvgIpc) is 3.22. The molecule has 2 aliphatic rings. The highest BCUT2D eigenvalue weighted by Gasteiger charge is 2.30. The second kappa shape index (κ2) is 8.81. The number of piperazine rings is 1. The molecule has 0 aliphatic carbocycles. The summed E-state index contributed by atoms with van der Waals surface area (Å²) in [4.78, 5) is 19.9. The third-order valence-electron chi connectivity index (χ3n) is 6.67. The van der Waals surface area contributed by atoms with E-state index in [1.165, 1.54) is 5.56 Å². The number of nitrogens with zero attached hydrogens (tertiary/aromatic N) is 4. The Kier molecular flexibility index (Phi) is 6.18. The van der Waals surface area contributed by atoms with E-state index in [-0.39, 0.29) is 5.91 Å². The Morgan fingerprint density at radius 2 is 1.93 bits per heavy atom. The van der Waals surface area contributed by atoms with Crippen LogP contribution in [0.1, 0.15) is 30.9 Å². The summed E-state index contributed by atoms with van der Waals surface area (Å²) in [6.45, 7) is 8.36. The van der Waals surface area contributed by atoms with E-state index in [1.54, 1.807) is 0 Å². The SMILES string of the molecule is CCc1cc(CC(N)C(=O)N2CCC(N3CCN(C)CC3)CC2)cc2cn[nH]c12. The zero-order valence-electron chi connectivity index (χ0n) is 17.7. The lowest BCUT2D eigenvalue weighted by Gasteiger charge is -2.42. The smallest absolute Gasteiger partial charge is 0.239 e. The van der Waals surface area contributed by atoms with Crippen LogP contribution in [0.25, 0.3) is 10.9 Å². The summed E-state index contributed by atoms with van der Waals surface area (Å²) in [7, 11) is 2.19. The summed E-state index contributed by atoms with van der Waals surface area (Å²) in [6.07, 6.45) is 5.46. The van der Waals surface area contributed by atoms with Gasteiger partial charge in [0, 0.05) is 50.7 Å². The summed E-state index contributed by atoms with van der Waals surface area (Å²) >= 11 is 0. The van der Waals surface area contributed by atoms with Gasteiger partial charge in [-0.2, -0.15) is 5.10 Å². The second-order valence-electron chi connectivity index (χ2n) is 8.65. The van der Waals surface area contributed by atoms with Crippen LogP contribution in [-0.4, -0.2) is 89.2 Å². The van der Waals surface area contributed by atoms with E-state index in [9.17, 15) is 4.79 Å². The summed E-state index contributed by atoms with van der Waals surface area (Å²) in [5.41, 5.74) is 9.78. The number of amides is 1. The van der Waals surface area contributed by atoms with E-state index < -0.39 is 6.04 Å². The number of nitrogens with one attached hydrogen (secondary N) is 1. The lowest BCUT2D eigenvalue weighted by atomic mass is 9.98. The topological polar surface area (TPSA) is 81.5 Å². The number of aryl methyl sites for hydroxylation is 1. The standard InChI is InChI=1S/C22H34N6O/c1-3-17-12-16(13-18-15-24-25-21(17)18)14-20(23)22(29)28-6-4-19(5-7-28)27-10-8-26(2)9-11-27/h12-13,15,19-20H,3-11,14,23H2,1-2H3,(H,24,25). The highest BCUT2D eigenvalue weighted by atomic mass is 16.2. The van der Waals surface area contributed by atoms with Gasteiger partial charge in [-0.1, -0.05) is 13.0 Å². The van der Waals surface area contributed by atoms with Crippen molar-refractivity contribution < 1.29 is 4.79 Å². The molecule has 7 nitrogen and oxygen atoms in total. The number of nitrogens with two attached hydrogens (primary N) is 1. The Morgan fingerprint density at radius 3 is 2.62 bits per heavy atom. The van der Waals surface area contributed by atoms with Crippen LogP contribution >= 0.6 is 0 Å². The number of piperidine rings is 1. The third kappa shape index (κ3) is 4.47. The van der Waals surface area contributed by atoms with Crippen molar-refractivity contribution in [1.29, 1.82) is 0 Å². The number of carbonyl (C=O) groups excluding carboxylic acids is 1. The first-order chi connectivity index (χ1) is 14.0. The molecular formula is C22H34N6O. The highest BCUT2D eigenvalue weighted by molar-refractivity contribution is 5.84. The van der Waals surface area contributed by atoms with Gasteiger partial charge in [0.15, 0.2) is 0 Å². The number of hydrogen-bond donors (Lipinski definition) is 2. The molecular weight excluding hydrogens is 364 g/mol. The van der Waals surface area contributed by atoms with Crippen LogP contribution < -0.4 is 5.73 Å². The van der Waals surface area contributed by atoms with E-state index in [0.29, 0.717) is 12.5 Å². The van der Waals surface area contributed by atoms with E-state index in [1.807, 2.05) is 11.1 Å². The van der Waals surface area contributed by atoms with Crippen molar-refractivity contribution in [1.82, 2.24) is 24.9 Å². The summed E-state index contributed by atoms with van der Waals surface area (Å²) in [5, 5.41) is 8.30. The van der Waals surface area contributed by atoms with Crippen molar-refractivity contribution in [3.05, 3.63) is 29.5 Å². The zero-order chi connectivity index (χ0) is 20.4. The van der Waals surface area contributed by atoms with E-state index in [4.69, 9.17) is 5.73 Å². The highest BCUT2D eigenvalue weighted by Crippen LogP contribution is 2.22. The summed E-state index contributed by atoms with van der Waals surface area (Å²) in [6, 6.07) is 4.39. The first-order valence-electron chi connectivity index (χ1n) is 11.0. The monoisotopic (exact) mass is 398 g/mol. The van der Waals surface area contributed by atoms with E-state index in [0.717, 1.165) is 75.0 Å². The van der Waals surface area contributed by atoms with Crippen molar-refractivity contribution >= 4 is 16.8 Å². The minimum absolute atomic E-state index is 0.0900. The number of benzene rings is 1. The number of fused-ring (bicyclic) bond motifs is 1. The number of H-pyrrole nitrogens is 1. The fourth-order valence-corrected chi connectivity index (χ4v) is 4.81. The number of aromatic nitrogens is 2. The lowest BCUT2D eigenvalue weighted by molar-refractivity contribution is -0.134. The van der Waals surface area contributed by atoms with E-state index >= 15 is 0 Å². The van der Waals surface area contributed by atoms with Crippen molar-refractivity contribution in [2.45, 2.75) is 44.7 Å². The molecule has 0 bridgehead atoms. The molecule has 1 aromatic heterocycles. The van der Waals surface area contributed by atoms with Crippen LogP contribution in [0.3, 0.4) is 0 Å². The van der Waals surface area contributed by atoms with Crippen LogP contribution in [-0.2, 0) is 17.6 Å². The molecule has 2 fully saturated rings. The van der Waals surface area contributed by atoms with Crippen LogP contribution in [0.4, 0.5) is 0 Å². The molecule has 3 heterocycles. The maximum atomic E-state index is 13.0. The van der Waals surface area contributed by atoms with Gasteiger partial charge >= 0.3 is 0 Å². The third-order valence-corrected chi connectivity index (χ3v) is 6.67. The maximum Gasteiger partial charge on any atom is 0.239 e. The average molecular weight is 399 g/mol. The number of likely N-dealkylation sites (N-methyl/N-ethyl adjacent to an activating group) is 1. The molecule has 158 valence electrons. The van der Waals surface area contributed by atoms with Gasteiger partial charge in [0.25, 0.3) is 0 Å². The van der Waals surface area contributed by atoms with Crippen LogP contribution in [0.2, 0.25) is 0 Å². The molecule has 0 spiro atoms. The molecule has 2 aliphatic heterocycles. The molecule has 1 aromatic carbocycles. The molecule has 3 N–H and O–H groups in total. The van der Waals surface area contributed by atoms with Crippen molar-refractivity contribution in [3.8, 4) is 0 Å². The molecule has 1 atom stereocenters. The van der Waals surface area contributed by atoms with Gasteiger partial charge in [-0.3, -0.25) is 14.8 Å². The number of carbonyl (C=O) groups is 1. The molecule has 29 heavy (non-hydrogen) atoms. The quantitative estimate of drug-likeness (QED) is 0.792. The molecule has 0 saturated carbocycles. The largest absolute Gasteiger partial charge is 0.341 e. The minimum atomic E-state index is -0.482. The van der Waals surface area contributed by atoms with Gasteiger partial charge in [-0.15, -0.1) is 0 Å². The number of rotatable bonds is 5. The van der Waals surface area contributed by atoms with Gasteiger partial charge in [0.1, 0.15) is 0 Å². The normalized spacial score (nSPS) is 21.0. The lowest BCUT2D eigenvalue weighted by Crippen LogP contribution is -2.54. The minimum Gasteiger partial charge on any atom is -0.341 e. The van der Waals surface area contributed by atoms with Gasteiger partial charge in [0.2, 0.25) is 5.91 Å². The predicted molar refractivity (Wildman–Crippen MR) is 116 cm³/mol. The molecule has 4 rings (SSSR count). The van der Waals surface area contributed by atoms with Crippen LogP contribution in [0, 0.1) is 0 Å². The fraction of sp³-hybridized carbons (Fsp3) is 0.636. The van der Waals surface area contributed by atoms with Crippen molar-refractivity contribution in [2.24, 2.45) is 5.73 Å². The number of hydrogen-bond acceptors (Lipinski definition) is 5. The Morgan fingerprint density at radius 1 is 1.21 bits per heavy atom. The first kappa shape index (κ1) is 20.3. The second-order valence-corrected chi connectivity index (χ2v) is 8.65.